The summed E-state index contributed by atoms with van der Waals surface area (Å²) >= 11 is 5.96. The molecule has 0 radical (unpaired) electrons. The fourth-order valence-electron chi connectivity index (χ4n) is 2.26. The molecule has 0 aromatic heterocycles. The highest BCUT2D eigenvalue weighted by atomic mass is 35.5. The summed E-state index contributed by atoms with van der Waals surface area (Å²) < 4.78 is 27.2. The number of sulfonamides is 1. The molecule has 24 heavy (non-hydrogen) atoms. The Morgan fingerprint density at radius 2 is 1.67 bits per heavy atom. The maximum Gasteiger partial charge on any atom is 0.337 e. The van der Waals surface area contributed by atoms with Crippen molar-refractivity contribution in [2.75, 3.05) is 0 Å². The molecule has 0 amide bonds. The summed E-state index contributed by atoms with van der Waals surface area (Å²) in [5.74, 6) is -1.14. The van der Waals surface area contributed by atoms with Crippen LogP contribution in [0.4, 0.5) is 0 Å². The Hall–Kier alpha value is -1.89. The average molecular weight is 368 g/mol. The molecule has 0 spiro atoms. The second kappa shape index (κ2) is 6.55. The summed E-state index contributed by atoms with van der Waals surface area (Å²) in [6, 6.07) is 10.8. The van der Waals surface area contributed by atoms with Crippen LogP contribution in [0.5, 0.6) is 0 Å². The van der Waals surface area contributed by atoms with Crippen LogP contribution in [0.15, 0.2) is 47.4 Å². The van der Waals surface area contributed by atoms with Gasteiger partial charge in [-0.05, 0) is 50.1 Å². The van der Waals surface area contributed by atoms with Crippen molar-refractivity contribution in [1.29, 1.82) is 0 Å². The summed E-state index contributed by atoms with van der Waals surface area (Å²) in [5, 5.41) is 9.46. The molecular weight excluding hydrogens is 350 g/mol. The first-order valence-corrected chi connectivity index (χ1v) is 9.03. The quantitative estimate of drug-likeness (QED) is 0.861. The van der Waals surface area contributed by atoms with E-state index in [0.29, 0.717) is 11.1 Å². The molecule has 0 saturated heterocycles. The smallest absolute Gasteiger partial charge is 0.337 e. The van der Waals surface area contributed by atoms with E-state index in [2.05, 4.69) is 4.72 Å². The van der Waals surface area contributed by atoms with Gasteiger partial charge in [0, 0.05) is 5.54 Å². The number of hydrogen-bond donors (Lipinski definition) is 2. The number of carbonyl (C=O) groups is 1. The van der Waals surface area contributed by atoms with E-state index in [1.165, 1.54) is 18.2 Å². The highest BCUT2D eigenvalue weighted by Gasteiger charge is 2.22. The molecule has 0 fully saturated rings. The molecule has 0 aliphatic heterocycles. The summed E-state index contributed by atoms with van der Waals surface area (Å²) in [6.07, 6.45) is 0. The molecule has 5 nitrogen and oxygen atoms in total. The Morgan fingerprint density at radius 1 is 1.08 bits per heavy atom. The summed E-state index contributed by atoms with van der Waals surface area (Å²) in [5.41, 5.74) is 0.399. The van der Waals surface area contributed by atoms with E-state index in [0.717, 1.165) is 0 Å². The molecule has 128 valence electrons. The Morgan fingerprint density at radius 3 is 2.17 bits per heavy atom. The number of rotatable bonds is 4. The van der Waals surface area contributed by atoms with E-state index in [9.17, 15) is 18.3 Å². The predicted molar refractivity (Wildman–Crippen MR) is 93.9 cm³/mol. The third kappa shape index (κ3) is 4.14. The lowest BCUT2D eigenvalue weighted by molar-refractivity contribution is 0.0698. The van der Waals surface area contributed by atoms with Crippen molar-refractivity contribution in [3.05, 3.63) is 53.1 Å². The van der Waals surface area contributed by atoms with Crippen LogP contribution in [0, 0.1) is 0 Å². The standard InChI is InChI=1S/C17H18ClNO4S/c1-17(2,3)19-24(22,23)12-9-7-11(8-10-12)13-5-4-6-14(18)15(13)16(20)21/h4-10,19H,1-3H3,(H,20,21). The Labute approximate surface area is 146 Å². The minimum Gasteiger partial charge on any atom is -0.478 e. The highest BCUT2D eigenvalue weighted by Crippen LogP contribution is 2.30. The van der Waals surface area contributed by atoms with E-state index < -0.39 is 21.5 Å². The summed E-state index contributed by atoms with van der Waals surface area (Å²) in [7, 11) is -3.64. The lowest BCUT2D eigenvalue weighted by atomic mass is 10.00. The van der Waals surface area contributed by atoms with Crippen LogP contribution >= 0.6 is 11.6 Å². The monoisotopic (exact) mass is 367 g/mol. The second-order valence-electron chi connectivity index (χ2n) is 6.35. The van der Waals surface area contributed by atoms with Gasteiger partial charge in [0.2, 0.25) is 10.0 Å². The molecule has 2 aromatic carbocycles. The lowest BCUT2D eigenvalue weighted by Gasteiger charge is -2.20. The molecule has 0 bridgehead atoms. The zero-order chi connectivity index (χ0) is 18.1. The largest absolute Gasteiger partial charge is 0.478 e. The van der Waals surface area contributed by atoms with Gasteiger partial charge in [0.25, 0.3) is 0 Å². The number of halogens is 1. The van der Waals surface area contributed by atoms with Gasteiger partial charge in [0.15, 0.2) is 0 Å². The zero-order valence-electron chi connectivity index (χ0n) is 13.5. The van der Waals surface area contributed by atoms with Gasteiger partial charge in [-0.15, -0.1) is 0 Å². The minimum absolute atomic E-state index is 0.0115. The van der Waals surface area contributed by atoms with Crippen molar-refractivity contribution < 1.29 is 18.3 Å². The van der Waals surface area contributed by atoms with Crippen LogP contribution in [0.1, 0.15) is 31.1 Å². The number of benzene rings is 2. The maximum atomic E-state index is 12.3. The van der Waals surface area contributed by atoms with E-state index >= 15 is 0 Å². The van der Waals surface area contributed by atoms with Crippen molar-refractivity contribution in [2.24, 2.45) is 0 Å². The van der Waals surface area contributed by atoms with Crippen LogP contribution in [0.3, 0.4) is 0 Å². The minimum atomic E-state index is -3.64. The number of carboxylic acid groups (broad SMARTS) is 1. The number of carboxylic acids is 1. The van der Waals surface area contributed by atoms with E-state index in [1.807, 2.05) is 0 Å². The molecule has 0 atom stereocenters. The highest BCUT2D eigenvalue weighted by molar-refractivity contribution is 7.89. The maximum absolute atomic E-state index is 12.3. The van der Waals surface area contributed by atoms with Crippen LogP contribution < -0.4 is 4.72 Å². The number of nitrogens with one attached hydrogen (secondary N) is 1. The van der Waals surface area contributed by atoms with Crippen molar-refractivity contribution in [3.63, 3.8) is 0 Å². The van der Waals surface area contributed by atoms with Gasteiger partial charge in [-0.1, -0.05) is 35.9 Å². The van der Waals surface area contributed by atoms with Crippen LogP contribution in [0.2, 0.25) is 5.02 Å². The van der Waals surface area contributed by atoms with Gasteiger partial charge in [-0.25, -0.2) is 17.9 Å². The van der Waals surface area contributed by atoms with Crippen LogP contribution in [-0.4, -0.2) is 25.0 Å². The Kier molecular flexibility index (Phi) is 5.03. The topological polar surface area (TPSA) is 83.5 Å². The van der Waals surface area contributed by atoms with Crippen LogP contribution in [-0.2, 0) is 10.0 Å². The molecule has 0 aliphatic carbocycles. The molecule has 0 heterocycles. The van der Waals surface area contributed by atoms with Gasteiger partial charge in [-0.3, -0.25) is 0 Å². The van der Waals surface area contributed by atoms with Gasteiger partial charge in [0.1, 0.15) is 0 Å². The predicted octanol–water partition coefficient (Wildman–Crippen LogP) is 3.78. The normalized spacial score (nSPS) is 12.2. The molecule has 2 rings (SSSR count). The molecule has 0 saturated carbocycles. The average Bonchev–Trinajstić information content (AvgIpc) is 2.44. The van der Waals surface area contributed by atoms with Crippen molar-refractivity contribution >= 4 is 27.6 Å². The van der Waals surface area contributed by atoms with Crippen molar-refractivity contribution in [3.8, 4) is 11.1 Å². The third-order valence-electron chi connectivity index (χ3n) is 3.14. The van der Waals surface area contributed by atoms with E-state index in [-0.39, 0.29) is 15.5 Å². The van der Waals surface area contributed by atoms with Crippen molar-refractivity contribution in [1.82, 2.24) is 4.72 Å². The van der Waals surface area contributed by atoms with Crippen LogP contribution in [0.25, 0.3) is 11.1 Å². The molecule has 2 N–H and O–H groups in total. The molecular formula is C17H18ClNO4S. The summed E-state index contributed by atoms with van der Waals surface area (Å²) in [4.78, 5) is 11.5. The molecule has 2 aromatic rings. The fraction of sp³-hybridized carbons (Fsp3) is 0.235. The fourth-order valence-corrected chi connectivity index (χ4v) is 3.93. The SMILES string of the molecule is CC(C)(C)NS(=O)(=O)c1ccc(-c2cccc(Cl)c2C(=O)O)cc1. The van der Waals surface area contributed by atoms with E-state index in [1.54, 1.807) is 45.0 Å². The van der Waals surface area contributed by atoms with Gasteiger partial charge in [-0.2, -0.15) is 0 Å². The number of aromatic carboxylic acids is 1. The van der Waals surface area contributed by atoms with Gasteiger partial charge in [0.05, 0.1) is 15.5 Å². The second-order valence-corrected chi connectivity index (χ2v) is 8.44. The Bertz CT molecular complexity index is 868. The van der Waals surface area contributed by atoms with E-state index in [4.69, 9.17) is 11.6 Å². The van der Waals surface area contributed by atoms with Gasteiger partial charge < -0.3 is 5.11 Å². The first-order chi connectivity index (χ1) is 11.0. The third-order valence-corrected chi connectivity index (χ3v) is 5.23. The molecule has 7 heteroatoms. The summed E-state index contributed by atoms with van der Waals surface area (Å²) in [6.45, 7) is 5.26. The molecule has 0 aliphatic rings. The lowest BCUT2D eigenvalue weighted by Crippen LogP contribution is -2.40. The van der Waals surface area contributed by atoms with Crippen molar-refractivity contribution in [2.45, 2.75) is 31.2 Å². The molecule has 0 unspecified atom stereocenters. The number of hydrogen-bond acceptors (Lipinski definition) is 3. The first kappa shape index (κ1) is 18.4. The Balaban J connectivity index is 2.45. The van der Waals surface area contributed by atoms with Gasteiger partial charge >= 0.3 is 5.97 Å². The zero-order valence-corrected chi connectivity index (χ0v) is 15.1. The first-order valence-electron chi connectivity index (χ1n) is 7.17.